The van der Waals surface area contributed by atoms with Gasteiger partial charge in [-0.25, -0.2) is 0 Å². The number of methoxy groups -OCH3 is 1. The minimum atomic E-state index is 0.638. The van der Waals surface area contributed by atoms with Gasteiger partial charge in [0, 0.05) is 19.1 Å². The molecule has 1 N–H and O–H groups in total. The van der Waals surface area contributed by atoms with Crippen LogP contribution in [-0.2, 0) is 6.54 Å². The van der Waals surface area contributed by atoms with Crippen LogP contribution in [0.4, 0.5) is 0 Å². The first-order valence-corrected chi connectivity index (χ1v) is 8.39. The van der Waals surface area contributed by atoms with Crippen LogP contribution in [0.15, 0.2) is 18.2 Å². The fraction of sp³-hybridized carbons (Fsp3) is 0.647. The van der Waals surface area contributed by atoms with E-state index in [1.807, 2.05) is 12.1 Å². The van der Waals surface area contributed by atoms with Gasteiger partial charge in [0.25, 0.3) is 0 Å². The molecular formula is C17H27ClN2O. The van der Waals surface area contributed by atoms with Gasteiger partial charge in [0.15, 0.2) is 0 Å². The molecule has 1 saturated heterocycles. The van der Waals surface area contributed by atoms with Crippen molar-refractivity contribution in [1.29, 1.82) is 0 Å². The molecule has 1 aliphatic rings. The van der Waals surface area contributed by atoms with E-state index >= 15 is 0 Å². The molecule has 0 aromatic heterocycles. The van der Waals surface area contributed by atoms with Crippen molar-refractivity contribution in [2.24, 2.45) is 0 Å². The van der Waals surface area contributed by atoms with Crippen molar-refractivity contribution in [3.63, 3.8) is 0 Å². The van der Waals surface area contributed by atoms with Crippen LogP contribution in [0.2, 0.25) is 5.02 Å². The van der Waals surface area contributed by atoms with Gasteiger partial charge < -0.3 is 10.1 Å². The first-order chi connectivity index (χ1) is 10.2. The third-order valence-corrected chi connectivity index (χ3v) is 4.35. The molecule has 118 valence electrons. The molecule has 1 aromatic carbocycles. The molecule has 0 spiro atoms. The number of rotatable bonds is 7. The van der Waals surface area contributed by atoms with Crippen LogP contribution < -0.4 is 10.1 Å². The normalized spacial score (nSPS) is 19.0. The Morgan fingerprint density at radius 2 is 2.24 bits per heavy atom. The minimum Gasteiger partial charge on any atom is -0.495 e. The van der Waals surface area contributed by atoms with Crippen LogP contribution in [0.25, 0.3) is 0 Å². The molecule has 1 atom stereocenters. The SMILES string of the molecule is CCCN(Cc1ccc(OC)c(Cl)c1)CC1CCCCN1. The standard InChI is InChI=1S/C17H27ClN2O/c1-3-10-20(13-15-6-4-5-9-19-15)12-14-7-8-17(21-2)16(18)11-14/h7-8,11,15,19H,3-6,9-10,12-13H2,1-2H3. The highest BCUT2D eigenvalue weighted by Gasteiger charge is 2.16. The van der Waals surface area contributed by atoms with Gasteiger partial charge in [-0.05, 0) is 50.0 Å². The van der Waals surface area contributed by atoms with Crippen molar-refractivity contribution in [3.05, 3.63) is 28.8 Å². The summed E-state index contributed by atoms with van der Waals surface area (Å²) in [5, 5.41) is 4.33. The molecule has 4 heteroatoms. The number of piperidine rings is 1. The van der Waals surface area contributed by atoms with E-state index in [0.717, 1.165) is 25.4 Å². The number of ether oxygens (including phenoxy) is 1. The molecule has 2 rings (SSSR count). The first-order valence-electron chi connectivity index (χ1n) is 8.01. The van der Waals surface area contributed by atoms with E-state index < -0.39 is 0 Å². The third kappa shape index (κ3) is 5.17. The molecule has 1 heterocycles. The molecule has 3 nitrogen and oxygen atoms in total. The van der Waals surface area contributed by atoms with Crippen LogP contribution in [0.5, 0.6) is 5.75 Å². The molecule has 1 unspecified atom stereocenters. The van der Waals surface area contributed by atoms with Crippen molar-refractivity contribution in [3.8, 4) is 5.75 Å². The van der Waals surface area contributed by atoms with Crippen LogP contribution in [-0.4, -0.2) is 37.7 Å². The topological polar surface area (TPSA) is 24.5 Å². The maximum atomic E-state index is 6.23. The maximum Gasteiger partial charge on any atom is 0.137 e. The highest BCUT2D eigenvalue weighted by Crippen LogP contribution is 2.25. The Morgan fingerprint density at radius 1 is 1.38 bits per heavy atom. The minimum absolute atomic E-state index is 0.638. The second kappa shape index (κ2) is 8.62. The highest BCUT2D eigenvalue weighted by atomic mass is 35.5. The molecule has 0 bridgehead atoms. The zero-order valence-corrected chi connectivity index (χ0v) is 14.0. The van der Waals surface area contributed by atoms with Gasteiger partial charge in [0.05, 0.1) is 12.1 Å². The van der Waals surface area contributed by atoms with Gasteiger partial charge in [-0.15, -0.1) is 0 Å². The van der Waals surface area contributed by atoms with Crippen molar-refractivity contribution < 1.29 is 4.74 Å². The van der Waals surface area contributed by atoms with Crippen LogP contribution in [0, 0.1) is 0 Å². The average Bonchev–Trinajstić information content (AvgIpc) is 2.49. The molecular weight excluding hydrogens is 284 g/mol. The fourth-order valence-corrected chi connectivity index (χ4v) is 3.29. The third-order valence-electron chi connectivity index (χ3n) is 4.05. The number of nitrogens with one attached hydrogen (secondary N) is 1. The summed E-state index contributed by atoms with van der Waals surface area (Å²) in [7, 11) is 1.65. The van der Waals surface area contributed by atoms with E-state index in [0.29, 0.717) is 11.1 Å². The molecule has 0 amide bonds. The summed E-state index contributed by atoms with van der Waals surface area (Å²) in [5.74, 6) is 0.747. The van der Waals surface area contributed by atoms with Crippen LogP contribution in [0.1, 0.15) is 38.2 Å². The lowest BCUT2D eigenvalue weighted by molar-refractivity contribution is 0.217. The summed E-state index contributed by atoms with van der Waals surface area (Å²) in [6.07, 6.45) is 5.14. The lowest BCUT2D eigenvalue weighted by Gasteiger charge is -2.30. The van der Waals surface area contributed by atoms with Crippen molar-refractivity contribution >= 4 is 11.6 Å². The van der Waals surface area contributed by atoms with E-state index in [-0.39, 0.29) is 0 Å². The highest BCUT2D eigenvalue weighted by molar-refractivity contribution is 6.32. The predicted molar refractivity (Wildman–Crippen MR) is 89.2 cm³/mol. The Bertz CT molecular complexity index is 433. The quantitative estimate of drug-likeness (QED) is 0.831. The van der Waals surface area contributed by atoms with Gasteiger partial charge >= 0.3 is 0 Å². The van der Waals surface area contributed by atoms with Gasteiger partial charge in [-0.2, -0.15) is 0 Å². The zero-order chi connectivity index (χ0) is 15.1. The Kier molecular flexibility index (Phi) is 6.81. The van der Waals surface area contributed by atoms with E-state index in [1.54, 1.807) is 7.11 Å². The van der Waals surface area contributed by atoms with Crippen LogP contribution >= 0.6 is 11.6 Å². The van der Waals surface area contributed by atoms with Gasteiger partial charge in [-0.3, -0.25) is 4.90 Å². The number of halogens is 1. The molecule has 21 heavy (non-hydrogen) atoms. The van der Waals surface area contributed by atoms with E-state index in [2.05, 4.69) is 23.2 Å². The maximum absolute atomic E-state index is 6.23. The van der Waals surface area contributed by atoms with Crippen molar-refractivity contribution in [1.82, 2.24) is 10.2 Å². The number of hydrogen-bond acceptors (Lipinski definition) is 3. The number of benzene rings is 1. The lowest BCUT2D eigenvalue weighted by atomic mass is 10.0. The summed E-state index contributed by atoms with van der Waals surface area (Å²) >= 11 is 6.23. The Morgan fingerprint density at radius 3 is 2.86 bits per heavy atom. The molecule has 0 aliphatic carbocycles. The lowest BCUT2D eigenvalue weighted by Crippen LogP contribution is -2.43. The second-order valence-electron chi connectivity index (χ2n) is 5.85. The van der Waals surface area contributed by atoms with Gasteiger partial charge in [0.1, 0.15) is 5.75 Å². The number of nitrogens with zero attached hydrogens (tertiary/aromatic N) is 1. The van der Waals surface area contributed by atoms with Gasteiger partial charge in [-0.1, -0.05) is 31.0 Å². The molecule has 1 aromatic rings. The summed E-state index contributed by atoms with van der Waals surface area (Å²) in [5.41, 5.74) is 1.25. The molecule has 1 fully saturated rings. The molecule has 1 aliphatic heterocycles. The van der Waals surface area contributed by atoms with Crippen molar-refractivity contribution in [2.45, 2.75) is 45.2 Å². The van der Waals surface area contributed by atoms with Crippen molar-refractivity contribution in [2.75, 3.05) is 26.7 Å². The summed E-state index contributed by atoms with van der Waals surface area (Å²) in [6.45, 7) is 6.61. The van der Waals surface area contributed by atoms with Crippen LogP contribution in [0.3, 0.4) is 0 Å². The van der Waals surface area contributed by atoms with Gasteiger partial charge in [0.2, 0.25) is 0 Å². The largest absolute Gasteiger partial charge is 0.495 e. The van der Waals surface area contributed by atoms with E-state index in [9.17, 15) is 0 Å². The van der Waals surface area contributed by atoms with E-state index in [4.69, 9.17) is 16.3 Å². The summed E-state index contributed by atoms with van der Waals surface area (Å²) in [6, 6.07) is 6.73. The second-order valence-corrected chi connectivity index (χ2v) is 6.26. The fourth-order valence-electron chi connectivity index (χ4n) is 3.01. The predicted octanol–water partition coefficient (Wildman–Crippen LogP) is 3.70. The summed E-state index contributed by atoms with van der Waals surface area (Å²) in [4.78, 5) is 2.53. The molecule has 0 radical (unpaired) electrons. The number of hydrogen-bond donors (Lipinski definition) is 1. The Labute approximate surface area is 133 Å². The summed E-state index contributed by atoms with van der Waals surface area (Å²) < 4.78 is 5.22. The zero-order valence-electron chi connectivity index (χ0n) is 13.2. The smallest absolute Gasteiger partial charge is 0.137 e. The first kappa shape index (κ1) is 16.6. The molecule has 0 saturated carbocycles. The Hall–Kier alpha value is -0.770. The monoisotopic (exact) mass is 310 g/mol. The van der Waals surface area contributed by atoms with E-state index in [1.165, 1.54) is 37.8 Å². The average molecular weight is 311 g/mol. The Balaban J connectivity index is 1.96.